The van der Waals surface area contributed by atoms with Crippen LogP contribution in [0.1, 0.15) is 46.6 Å². The van der Waals surface area contributed by atoms with Crippen molar-refractivity contribution in [3.63, 3.8) is 0 Å². The molecule has 3 aliphatic rings. The minimum atomic E-state index is -0.234. The fourth-order valence-electron chi connectivity index (χ4n) is 4.39. The SMILES string of the molecule is Cc1ccc2c(c1)C1(OCC[NH+](C)C)CCC2c2ccccc21.[Cl-]. The first-order chi connectivity index (χ1) is 11.1. The molecule has 0 fully saturated rings. The molecule has 24 heavy (non-hydrogen) atoms. The van der Waals surface area contributed by atoms with Crippen LogP contribution in [0.3, 0.4) is 0 Å². The first kappa shape index (κ1) is 17.5. The Kier molecular flexibility index (Phi) is 4.74. The number of halogens is 1. The predicted molar refractivity (Wildman–Crippen MR) is 93.1 cm³/mol. The number of nitrogens with one attached hydrogen (secondary N) is 1. The average Bonchev–Trinajstić information content (AvgIpc) is 2.55. The highest BCUT2D eigenvalue weighted by molar-refractivity contribution is 5.58. The van der Waals surface area contributed by atoms with Crippen molar-refractivity contribution < 1.29 is 22.0 Å². The fraction of sp³-hybridized carbons (Fsp3) is 0.429. The summed E-state index contributed by atoms with van der Waals surface area (Å²) in [6, 6.07) is 15.9. The van der Waals surface area contributed by atoms with Gasteiger partial charge in [-0.3, -0.25) is 0 Å². The molecule has 2 aromatic rings. The van der Waals surface area contributed by atoms with Gasteiger partial charge in [0.2, 0.25) is 0 Å². The van der Waals surface area contributed by atoms with Gasteiger partial charge in [0.25, 0.3) is 0 Å². The molecule has 2 aromatic carbocycles. The van der Waals surface area contributed by atoms with Crippen LogP contribution in [-0.2, 0) is 10.3 Å². The van der Waals surface area contributed by atoms with Crippen molar-refractivity contribution in [1.82, 2.24) is 0 Å². The van der Waals surface area contributed by atoms with Crippen molar-refractivity contribution >= 4 is 0 Å². The fourth-order valence-corrected chi connectivity index (χ4v) is 4.39. The minimum absolute atomic E-state index is 0. The van der Waals surface area contributed by atoms with Crippen molar-refractivity contribution in [2.75, 3.05) is 27.2 Å². The van der Waals surface area contributed by atoms with E-state index in [0.717, 1.165) is 19.6 Å². The van der Waals surface area contributed by atoms with E-state index in [2.05, 4.69) is 63.5 Å². The third kappa shape index (κ3) is 2.57. The predicted octanol–water partition coefficient (Wildman–Crippen LogP) is -0.357. The van der Waals surface area contributed by atoms with Crippen LogP contribution in [0, 0.1) is 6.92 Å². The van der Waals surface area contributed by atoms with Crippen molar-refractivity contribution in [1.29, 1.82) is 0 Å². The first-order valence-electron chi connectivity index (χ1n) is 8.75. The van der Waals surface area contributed by atoms with Gasteiger partial charge in [-0.15, -0.1) is 0 Å². The lowest BCUT2D eigenvalue weighted by Crippen LogP contribution is -3.06. The van der Waals surface area contributed by atoms with Gasteiger partial charge in [0.1, 0.15) is 12.1 Å². The molecule has 128 valence electrons. The van der Waals surface area contributed by atoms with Crippen LogP contribution in [0.4, 0.5) is 0 Å². The minimum Gasteiger partial charge on any atom is -1.00 e. The molecule has 2 unspecified atom stereocenters. The zero-order chi connectivity index (χ0) is 16.0. The summed E-state index contributed by atoms with van der Waals surface area (Å²) in [5.74, 6) is 0.548. The number of fused-ring (bicyclic) bond motifs is 1. The summed E-state index contributed by atoms with van der Waals surface area (Å²) >= 11 is 0. The molecular weight excluding hydrogens is 318 g/mol. The summed E-state index contributed by atoms with van der Waals surface area (Å²) < 4.78 is 6.66. The lowest BCUT2D eigenvalue weighted by atomic mass is 9.61. The van der Waals surface area contributed by atoms with Gasteiger partial charge >= 0.3 is 0 Å². The van der Waals surface area contributed by atoms with Crippen molar-refractivity contribution in [3.05, 3.63) is 70.3 Å². The third-order valence-corrected chi connectivity index (χ3v) is 5.53. The summed E-state index contributed by atoms with van der Waals surface area (Å²) in [7, 11) is 4.37. The largest absolute Gasteiger partial charge is 1.00 e. The number of benzene rings is 2. The first-order valence-corrected chi connectivity index (χ1v) is 8.75. The van der Waals surface area contributed by atoms with Gasteiger partial charge in [-0.25, -0.2) is 0 Å². The molecular formula is C21H26ClNO. The quantitative estimate of drug-likeness (QED) is 0.801. The molecule has 0 saturated heterocycles. The van der Waals surface area contributed by atoms with E-state index in [-0.39, 0.29) is 18.0 Å². The molecule has 0 aromatic heterocycles. The zero-order valence-corrected chi connectivity index (χ0v) is 15.5. The molecule has 3 heteroatoms. The number of hydrogen-bond donors (Lipinski definition) is 1. The lowest BCUT2D eigenvalue weighted by Gasteiger charge is -2.49. The highest BCUT2D eigenvalue weighted by Gasteiger charge is 2.49. The van der Waals surface area contributed by atoms with Crippen LogP contribution >= 0.6 is 0 Å². The summed E-state index contributed by atoms with van der Waals surface area (Å²) in [6.45, 7) is 4.02. The average molecular weight is 344 g/mol. The normalized spacial score (nSPS) is 23.6. The summed E-state index contributed by atoms with van der Waals surface area (Å²) in [5.41, 5.74) is 6.88. The van der Waals surface area contributed by atoms with Crippen LogP contribution in [0.15, 0.2) is 42.5 Å². The molecule has 2 nitrogen and oxygen atoms in total. The van der Waals surface area contributed by atoms with Crippen LogP contribution in [-0.4, -0.2) is 27.2 Å². The van der Waals surface area contributed by atoms with Crippen molar-refractivity contribution in [3.8, 4) is 0 Å². The Morgan fingerprint density at radius 3 is 2.62 bits per heavy atom. The molecule has 0 aliphatic heterocycles. The van der Waals surface area contributed by atoms with Gasteiger partial charge in [0, 0.05) is 5.92 Å². The zero-order valence-electron chi connectivity index (χ0n) is 14.7. The summed E-state index contributed by atoms with van der Waals surface area (Å²) in [6.07, 6.45) is 2.30. The Morgan fingerprint density at radius 2 is 1.83 bits per heavy atom. The second kappa shape index (κ2) is 6.51. The molecule has 0 saturated carbocycles. The van der Waals surface area contributed by atoms with E-state index in [1.54, 1.807) is 0 Å². The highest BCUT2D eigenvalue weighted by atomic mass is 35.5. The Labute approximate surface area is 151 Å². The standard InChI is InChI=1S/C21H25NO.ClH/c1-15-8-9-18-16-10-11-21(20(18)14-15,23-13-12-22(2)3)19-7-5-4-6-17(16)19;/h4-9,14,16H,10-13H2,1-3H3;1H. The number of hydrogen-bond acceptors (Lipinski definition) is 1. The van der Waals surface area contributed by atoms with Gasteiger partial charge in [-0.1, -0.05) is 48.0 Å². The Bertz CT molecular complexity index is 742. The number of aryl methyl sites for hydroxylation is 1. The molecule has 0 radical (unpaired) electrons. The lowest BCUT2D eigenvalue weighted by molar-refractivity contribution is -0.859. The molecule has 0 heterocycles. The second-order valence-corrected chi connectivity index (χ2v) is 7.40. The van der Waals surface area contributed by atoms with Gasteiger partial charge < -0.3 is 22.0 Å². The van der Waals surface area contributed by atoms with Crippen LogP contribution in [0.2, 0.25) is 0 Å². The number of likely N-dealkylation sites (N-methyl/N-ethyl adjacent to an activating group) is 1. The maximum atomic E-state index is 6.66. The van der Waals surface area contributed by atoms with Crippen LogP contribution < -0.4 is 17.3 Å². The maximum Gasteiger partial charge on any atom is 0.119 e. The molecule has 0 amide bonds. The summed E-state index contributed by atoms with van der Waals surface area (Å²) in [4.78, 5) is 1.43. The Balaban J connectivity index is 0.00000169. The van der Waals surface area contributed by atoms with E-state index >= 15 is 0 Å². The van der Waals surface area contributed by atoms with Crippen molar-refractivity contribution in [2.24, 2.45) is 0 Å². The van der Waals surface area contributed by atoms with Crippen LogP contribution in [0.5, 0.6) is 0 Å². The smallest absolute Gasteiger partial charge is 0.119 e. The molecule has 0 spiro atoms. The van der Waals surface area contributed by atoms with Gasteiger partial charge in [-0.05, 0) is 42.0 Å². The van der Waals surface area contributed by atoms with E-state index in [0.29, 0.717) is 5.92 Å². The molecule has 1 N–H and O–H groups in total. The van der Waals surface area contributed by atoms with Gasteiger partial charge in [0.15, 0.2) is 0 Å². The summed E-state index contributed by atoms with van der Waals surface area (Å²) in [5, 5.41) is 0. The molecule has 3 aliphatic carbocycles. The van der Waals surface area contributed by atoms with Gasteiger partial charge in [-0.2, -0.15) is 0 Å². The number of quaternary nitrogens is 1. The van der Waals surface area contributed by atoms with Gasteiger partial charge in [0.05, 0.1) is 20.7 Å². The Morgan fingerprint density at radius 1 is 1.08 bits per heavy atom. The maximum absolute atomic E-state index is 6.66. The van der Waals surface area contributed by atoms with Crippen molar-refractivity contribution in [2.45, 2.75) is 31.3 Å². The molecule has 2 bridgehead atoms. The highest BCUT2D eigenvalue weighted by Crippen LogP contribution is 2.56. The van der Waals surface area contributed by atoms with E-state index < -0.39 is 0 Å². The second-order valence-electron chi connectivity index (χ2n) is 7.40. The molecule has 2 atom stereocenters. The number of ether oxygens (including phenoxy) is 1. The topological polar surface area (TPSA) is 13.7 Å². The monoisotopic (exact) mass is 343 g/mol. The molecule has 5 rings (SSSR count). The number of rotatable bonds is 4. The van der Waals surface area contributed by atoms with E-state index in [1.165, 1.54) is 39.1 Å². The Hall–Kier alpha value is -1.35. The van der Waals surface area contributed by atoms with E-state index in [9.17, 15) is 0 Å². The van der Waals surface area contributed by atoms with E-state index in [4.69, 9.17) is 4.74 Å². The van der Waals surface area contributed by atoms with E-state index in [1.807, 2.05) is 0 Å². The third-order valence-electron chi connectivity index (χ3n) is 5.53. The van der Waals surface area contributed by atoms with Crippen LogP contribution in [0.25, 0.3) is 0 Å².